The first-order valence-electron chi connectivity index (χ1n) is 8.26. The lowest BCUT2D eigenvalue weighted by molar-refractivity contribution is -0.117. The lowest BCUT2D eigenvalue weighted by Crippen LogP contribution is -2.35. The molecule has 0 aromatic heterocycles. The van der Waals surface area contributed by atoms with E-state index in [1.54, 1.807) is 36.4 Å². The van der Waals surface area contributed by atoms with Crippen LogP contribution in [0.2, 0.25) is 5.02 Å². The van der Waals surface area contributed by atoms with Crippen LogP contribution in [0.1, 0.15) is 25.0 Å². The number of anilines is 1. The lowest BCUT2D eigenvalue weighted by atomic mass is 10.1. The van der Waals surface area contributed by atoms with Gasteiger partial charge in [-0.15, -0.1) is 0 Å². The first-order chi connectivity index (χ1) is 12.4. The molecule has 134 valence electrons. The molecule has 1 heterocycles. The van der Waals surface area contributed by atoms with Gasteiger partial charge >= 0.3 is 0 Å². The Hall–Kier alpha value is -2.79. The second-order valence-corrected chi connectivity index (χ2v) is 6.68. The van der Waals surface area contributed by atoms with E-state index in [1.165, 1.54) is 5.01 Å². The van der Waals surface area contributed by atoms with Crippen LogP contribution in [0.3, 0.4) is 0 Å². The van der Waals surface area contributed by atoms with Crippen molar-refractivity contribution in [3.63, 3.8) is 0 Å². The van der Waals surface area contributed by atoms with E-state index in [-0.39, 0.29) is 11.7 Å². The molecule has 1 fully saturated rings. The van der Waals surface area contributed by atoms with Crippen molar-refractivity contribution in [2.24, 2.45) is 0 Å². The normalized spacial score (nSPS) is 15.7. The number of rotatable bonds is 4. The standard InChI is InChI=1S/C20H19ClN2O3/c1-12(2)26-18-7-5-4-6-14(18)10-16-19(24)22-23(20(16)25)15-9-8-13(3)17(21)11-15/h4-12H,1-3H3,(H,22,24)/b16-10+. The quantitative estimate of drug-likeness (QED) is 0.656. The molecule has 1 N–H and O–H groups in total. The summed E-state index contributed by atoms with van der Waals surface area (Å²) < 4.78 is 5.75. The smallest absolute Gasteiger partial charge is 0.282 e. The maximum absolute atomic E-state index is 12.7. The molecule has 26 heavy (non-hydrogen) atoms. The summed E-state index contributed by atoms with van der Waals surface area (Å²) in [5, 5.41) is 1.73. The van der Waals surface area contributed by atoms with Gasteiger partial charge in [-0.05, 0) is 50.6 Å². The summed E-state index contributed by atoms with van der Waals surface area (Å²) in [4.78, 5) is 25.1. The molecule has 2 aromatic rings. The van der Waals surface area contributed by atoms with Crippen LogP contribution in [0.15, 0.2) is 48.0 Å². The predicted octanol–water partition coefficient (Wildman–Crippen LogP) is 3.90. The van der Waals surface area contributed by atoms with Crippen molar-refractivity contribution in [2.75, 3.05) is 5.01 Å². The highest BCUT2D eigenvalue weighted by Gasteiger charge is 2.34. The van der Waals surface area contributed by atoms with Gasteiger partial charge in [0.15, 0.2) is 0 Å². The highest BCUT2D eigenvalue weighted by Crippen LogP contribution is 2.28. The SMILES string of the molecule is Cc1ccc(N2NC(=O)/C(=C\c3ccccc3OC(C)C)C2=O)cc1Cl. The molecule has 6 heteroatoms. The summed E-state index contributed by atoms with van der Waals surface area (Å²) in [5.74, 6) is -0.284. The van der Waals surface area contributed by atoms with Gasteiger partial charge in [-0.25, -0.2) is 5.01 Å². The molecule has 0 radical (unpaired) electrons. The van der Waals surface area contributed by atoms with Crippen LogP contribution >= 0.6 is 11.6 Å². The Labute approximate surface area is 157 Å². The van der Waals surface area contributed by atoms with E-state index in [0.29, 0.717) is 22.0 Å². The van der Waals surface area contributed by atoms with E-state index in [2.05, 4.69) is 5.43 Å². The van der Waals surface area contributed by atoms with Gasteiger partial charge in [-0.1, -0.05) is 35.9 Å². The van der Waals surface area contributed by atoms with Gasteiger partial charge in [0.1, 0.15) is 11.3 Å². The number of benzene rings is 2. The highest BCUT2D eigenvalue weighted by atomic mass is 35.5. The number of hydrogen-bond acceptors (Lipinski definition) is 3. The zero-order valence-corrected chi connectivity index (χ0v) is 15.5. The monoisotopic (exact) mass is 370 g/mol. The van der Waals surface area contributed by atoms with Crippen molar-refractivity contribution in [1.29, 1.82) is 0 Å². The summed E-state index contributed by atoms with van der Waals surface area (Å²) in [7, 11) is 0. The number of halogens is 1. The Morgan fingerprint density at radius 2 is 1.88 bits per heavy atom. The summed E-state index contributed by atoms with van der Waals surface area (Å²) in [6.07, 6.45) is 1.53. The number of ether oxygens (including phenoxy) is 1. The van der Waals surface area contributed by atoms with Gasteiger partial charge in [-0.3, -0.25) is 15.0 Å². The first-order valence-corrected chi connectivity index (χ1v) is 8.63. The lowest BCUT2D eigenvalue weighted by Gasteiger charge is -2.15. The van der Waals surface area contributed by atoms with Gasteiger partial charge in [0.05, 0.1) is 11.8 Å². The number of nitrogens with zero attached hydrogens (tertiary/aromatic N) is 1. The number of carbonyl (C=O) groups is 2. The zero-order valence-electron chi connectivity index (χ0n) is 14.7. The Kier molecular flexibility index (Phi) is 5.00. The van der Waals surface area contributed by atoms with E-state index < -0.39 is 11.8 Å². The molecule has 1 saturated heterocycles. The number of carbonyl (C=O) groups excluding carboxylic acids is 2. The molecule has 0 saturated carbocycles. The fourth-order valence-corrected chi connectivity index (χ4v) is 2.75. The average Bonchev–Trinajstić information content (AvgIpc) is 2.87. The molecule has 0 aliphatic carbocycles. The minimum absolute atomic E-state index is 0.0196. The maximum atomic E-state index is 12.7. The summed E-state index contributed by atoms with van der Waals surface area (Å²) in [5.41, 5.74) is 4.69. The average molecular weight is 371 g/mol. The van der Waals surface area contributed by atoms with Crippen molar-refractivity contribution in [3.8, 4) is 5.75 Å². The van der Waals surface area contributed by atoms with Crippen LogP contribution in [0.4, 0.5) is 5.69 Å². The van der Waals surface area contributed by atoms with Crippen LogP contribution in [0, 0.1) is 6.92 Å². The molecule has 2 aromatic carbocycles. The number of hydrazine groups is 1. The molecule has 0 bridgehead atoms. The third kappa shape index (κ3) is 3.58. The summed E-state index contributed by atoms with van der Waals surface area (Å²) in [6.45, 7) is 5.70. The molecule has 0 spiro atoms. The second kappa shape index (κ2) is 7.22. The zero-order chi connectivity index (χ0) is 18.8. The van der Waals surface area contributed by atoms with E-state index in [0.717, 1.165) is 5.56 Å². The molecule has 0 unspecified atom stereocenters. The van der Waals surface area contributed by atoms with Crippen LogP contribution < -0.4 is 15.2 Å². The van der Waals surface area contributed by atoms with E-state index in [1.807, 2.05) is 32.9 Å². The molecular formula is C20H19ClN2O3. The van der Waals surface area contributed by atoms with Gasteiger partial charge in [0.25, 0.3) is 11.8 Å². The van der Waals surface area contributed by atoms with Gasteiger partial charge in [-0.2, -0.15) is 0 Å². The van der Waals surface area contributed by atoms with Crippen molar-refractivity contribution in [1.82, 2.24) is 5.43 Å². The van der Waals surface area contributed by atoms with Crippen molar-refractivity contribution in [3.05, 3.63) is 64.2 Å². The summed E-state index contributed by atoms with van der Waals surface area (Å²) >= 11 is 6.13. The molecule has 0 atom stereocenters. The summed E-state index contributed by atoms with van der Waals surface area (Å²) in [6, 6.07) is 12.5. The molecule has 1 aliphatic rings. The molecule has 5 nitrogen and oxygen atoms in total. The largest absolute Gasteiger partial charge is 0.490 e. The number of nitrogens with one attached hydrogen (secondary N) is 1. The second-order valence-electron chi connectivity index (χ2n) is 6.28. The Morgan fingerprint density at radius 1 is 1.15 bits per heavy atom. The number of para-hydroxylation sites is 1. The maximum Gasteiger partial charge on any atom is 0.282 e. The van der Waals surface area contributed by atoms with Crippen LogP contribution in [0.5, 0.6) is 5.75 Å². The third-order valence-electron chi connectivity index (χ3n) is 3.89. The Bertz CT molecular complexity index is 906. The van der Waals surface area contributed by atoms with Crippen molar-refractivity contribution >= 4 is 35.2 Å². The van der Waals surface area contributed by atoms with E-state index in [9.17, 15) is 9.59 Å². The van der Waals surface area contributed by atoms with Crippen molar-refractivity contribution in [2.45, 2.75) is 26.9 Å². The number of aryl methyl sites for hydroxylation is 1. The van der Waals surface area contributed by atoms with Crippen LogP contribution in [0.25, 0.3) is 6.08 Å². The molecule has 2 amide bonds. The fourth-order valence-electron chi connectivity index (χ4n) is 2.58. The third-order valence-corrected chi connectivity index (χ3v) is 4.29. The van der Waals surface area contributed by atoms with Crippen LogP contribution in [-0.4, -0.2) is 17.9 Å². The van der Waals surface area contributed by atoms with Gasteiger partial charge in [0.2, 0.25) is 0 Å². The molecule has 3 rings (SSSR count). The number of hydrogen-bond donors (Lipinski definition) is 1. The first kappa shape index (κ1) is 18.0. The Morgan fingerprint density at radius 3 is 2.58 bits per heavy atom. The van der Waals surface area contributed by atoms with Gasteiger partial charge in [0, 0.05) is 10.6 Å². The minimum Gasteiger partial charge on any atom is -0.490 e. The fraction of sp³-hybridized carbons (Fsp3) is 0.200. The highest BCUT2D eigenvalue weighted by molar-refractivity contribution is 6.33. The minimum atomic E-state index is -0.467. The van der Waals surface area contributed by atoms with E-state index in [4.69, 9.17) is 16.3 Å². The molecule has 1 aliphatic heterocycles. The number of amides is 2. The van der Waals surface area contributed by atoms with E-state index >= 15 is 0 Å². The predicted molar refractivity (Wildman–Crippen MR) is 102 cm³/mol. The topological polar surface area (TPSA) is 58.6 Å². The van der Waals surface area contributed by atoms with Crippen LogP contribution in [-0.2, 0) is 9.59 Å². The van der Waals surface area contributed by atoms with Crippen molar-refractivity contribution < 1.29 is 14.3 Å². The van der Waals surface area contributed by atoms with Gasteiger partial charge < -0.3 is 4.74 Å². The molecular weight excluding hydrogens is 352 g/mol. The Balaban J connectivity index is 1.95.